The number of halogens is 1. The Morgan fingerprint density at radius 1 is 1.24 bits per heavy atom. The van der Waals surface area contributed by atoms with Crippen LogP contribution in [0.1, 0.15) is 6.42 Å². The maximum atomic E-state index is 13.5. The number of rotatable bonds is 1. The van der Waals surface area contributed by atoms with Crippen molar-refractivity contribution in [2.75, 3.05) is 31.1 Å². The third kappa shape index (κ3) is 1.98. The second-order valence-electron chi connectivity index (χ2n) is 4.29. The maximum absolute atomic E-state index is 13.5. The van der Waals surface area contributed by atoms with E-state index < -0.39 is 0 Å². The minimum Gasteiger partial charge on any atom is -0.341 e. The summed E-state index contributed by atoms with van der Waals surface area (Å²) in [5.41, 5.74) is 1.19. The number of hydrogen-bond donors (Lipinski definition) is 2. The lowest BCUT2D eigenvalue weighted by atomic mass is 10.3. The number of anilines is 1. The largest absolute Gasteiger partial charge is 0.341 e. The maximum Gasteiger partial charge on any atom is 0.203 e. The Labute approximate surface area is 98.8 Å². The zero-order chi connectivity index (χ0) is 11.7. The number of nitrogens with zero attached hydrogens (tertiary/aromatic N) is 2. The van der Waals surface area contributed by atoms with Crippen molar-refractivity contribution >= 4 is 17.0 Å². The van der Waals surface area contributed by atoms with Gasteiger partial charge in [-0.2, -0.15) is 0 Å². The van der Waals surface area contributed by atoms with Gasteiger partial charge in [-0.25, -0.2) is 9.37 Å². The molecule has 2 aromatic rings. The van der Waals surface area contributed by atoms with Crippen LogP contribution in [0.15, 0.2) is 18.2 Å². The number of para-hydroxylation sites is 1. The molecule has 0 bridgehead atoms. The lowest BCUT2D eigenvalue weighted by Crippen LogP contribution is -2.28. The van der Waals surface area contributed by atoms with Crippen molar-refractivity contribution in [2.45, 2.75) is 6.42 Å². The number of aromatic amines is 1. The van der Waals surface area contributed by atoms with Crippen LogP contribution in [0, 0.1) is 5.82 Å². The predicted molar refractivity (Wildman–Crippen MR) is 65.8 cm³/mol. The number of fused-ring (bicyclic) bond motifs is 1. The molecule has 90 valence electrons. The van der Waals surface area contributed by atoms with Crippen LogP contribution in [-0.4, -0.2) is 36.1 Å². The van der Waals surface area contributed by atoms with E-state index in [0.717, 1.165) is 44.1 Å². The molecule has 0 spiro atoms. The van der Waals surface area contributed by atoms with Crippen molar-refractivity contribution in [3.05, 3.63) is 24.0 Å². The van der Waals surface area contributed by atoms with Crippen LogP contribution in [0.25, 0.3) is 11.0 Å². The first-order valence-corrected chi connectivity index (χ1v) is 5.94. The Morgan fingerprint density at radius 2 is 2.18 bits per heavy atom. The normalized spacial score (nSPS) is 17.4. The minimum atomic E-state index is -0.266. The van der Waals surface area contributed by atoms with E-state index in [1.54, 1.807) is 6.07 Å². The third-order valence-electron chi connectivity index (χ3n) is 3.09. The van der Waals surface area contributed by atoms with Crippen LogP contribution in [-0.2, 0) is 0 Å². The molecule has 1 fully saturated rings. The smallest absolute Gasteiger partial charge is 0.203 e. The van der Waals surface area contributed by atoms with E-state index in [0.29, 0.717) is 5.52 Å². The summed E-state index contributed by atoms with van der Waals surface area (Å²) in [7, 11) is 0. The van der Waals surface area contributed by atoms with Crippen LogP contribution in [0.4, 0.5) is 10.3 Å². The Bertz CT molecular complexity index is 514. The quantitative estimate of drug-likeness (QED) is 0.786. The van der Waals surface area contributed by atoms with Crippen LogP contribution in [0.5, 0.6) is 0 Å². The molecule has 0 aliphatic carbocycles. The zero-order valence-corrected chi connectivity index (χ0v) is 9.54. The molecule has 2 N–H and O–H groups in total. The predicted octanol–water partition coefficient (Wildman–Crippen LogP) is 1.50. The SMILES string of the molecule is Fc1cccc2[nH]c(N3CCCNCC3)nc12. The first-order valence-electron chi connectivity index (χ1n) is 5.94. The van der Waals surface area contributed by atoms with Crippen LogP contribution in [0.2, 0.25) is 0 Å². The van der Waals surface area contributed by atoms with Crippen molar-refractivity contribution in [1.82, 2.24) is 15.3 Å². The lowest BCUT2D eigenvalue weighted by Gasteiger charge is -2.18. The van der Waals surface area contributed by atoms with E-state index in [-0.39, 0.29) is 5.82 Å². The van der Waals surface area contributed by atoms with E-state index in [4.69, 9.17) is 0 Å². The topological polar surface area (TPSA) is 44.0 Å². The number of H-pyrrole nitrogens is 1. The van der Waals surface area contributed by atoms with E-state index in [1.807, 2.05) is 6.07 Å². The molecule has 1 aromatic carbocycles. The van der Waals surface area contributed by atoms with E-state index >= 15 is 0 Å². The summed E-state index contributed by atoms with van der Waals surface area (Å²) in [5.74, 6) is 0.506. The Balaban J connectivity index is 1.96. The van der Waals surface area contributed by atoms with Gasteiger partial charge in [0.15, 0.2) is 5.82 Å². The summed E-state index contributed by atoms with van der Waals surface area (Å²) in [5, 5.41) is 3.33. The molecular weight excluding hydrogens is 219 g/mol. The summed E-state index contributed by atoms with van der Waals surface area (Å²) in [6.45, 7) is 3.83. The Kier molecular flexibility index (Phi) is 2.68. The highest BCUT2D eigenvalue weighted by molar-refractivity contribution is 5.78. The molecule has 0 unspecified atom stereocenters. The van der Waals surface area contributed by atoms with Crippen molar-refractivity contribution < 1.29 is 4.39 Å². The van der Waals surface area contributed by atoms with Gasteiger partial charge in [0.05, 0.1) is 5.52 Å². The summed E-state index contributed by atoms with van der Waals surface area (Å²) in [6.07, 6.45) is 1.08. The number of benzene rings is 1. The number of aromatic nitrogens is 2. The zero-order valence-electron chi connectivity index (χ0n) is 9.54. The summed E-state index contributed by atoms with van der Waals surface area (Å²) in [4.78, 5) is 9.69. The summed E-state index contributed by atoms with van der Waals surface area (Å²) in [6, 6.07) is 4.99. The second kappa shape index (κ2) is 4.33. The molecule has 1 aliphatic heterocycles. The summed E-state index contributed by atoms with van der Waals surface area (Å²) >= 11 is 0. The Morgan fingerprint density at radius 3 is 3.06 bits per heavy atom. The highest BCUT2D eigenvalue weighted by Gasteiger charge is 2.14. The molecule has 1 aliphatic rings. The first kappa shape index (κ1) is 10.5. The Hall–Kier alpha value is -1.62. The van der Waals surface area contributed by atoms with Gasteiger partial charge in [-0.05, 0) is 25.1 Å². The first-order chi connectivity index (χ1) is 8.34. The molecule has 5 heteroatoms. The molecule has 1 saturated heterocycles. The molecule has 2 heterocycles. The van der Waals surface area contributed by atoms with Gasteiger partial charge in [0.25, 0.3) is 0 Å². The monoisotopic (exact) mass is 234 g/mol. The van der Waals surface area contributed by atoms with Gasteiger partial charge in [-0.3, -0.25) is 0 Å². The van der Waals surface area contributed by atoms with Gasteiger partial charge >= 0.3 is 0 Å². The van der Waals surface area contributed by atoms with Crippen molar-refractivity contribution in [3.8, 4) is 0 Å². The standard InChI is InChI=1S/C12H15FN4/c13-9-3-1-4-10-11(9)16-12(15-10)17-7-2-5-14-6-8-17/h1,3-4,14H,2,5-8H2,(H,15,16). The van der Waals surface area contributed by atoms with Gasteiger partial charge in [-0.15, -0.1) is 0 Å². The fourth-order valence-electron chi connectivity index (χ4n) is 2.19. The minimum absolute atomic E-state index is 0.266. The van der Waals surface area contributed by atoms with Crippen molar-refractivity contribution in [3.63, 3.8) is 0 Å². The third-order valence-corrected chi connectivity index (χ3v) is 3.09. The molecule has 3 rings (SSSR count). The fraction of sp³-hybridized carbons (Fsp3) is 0.417. The van der Waals surface area contributed by atoms with Crippen LogP contribution in [0.3, 0.4) is 0 Å². The van der Waals surface area contributed by atoms with Gasteiger partial charge in [0.1, 0.15) is 5.52 Å². The van der Waals surface area contributed by atoms with Gasteiger partial charge in [0, 0.05) is 19.6 Å². The van der Waals surface area contributed by atoms with Crippen molar-refractivity contribution in [2.24, 2.45) is 0 Å². The highest BCUT2D eigenvalue weighted by Crippen LogP contribution is 2.20. The number of hydrogen-bond acceptors (Lipinski definition) is 3. The van der Waals surface area contributed by atoms with E-state index in [9.17, 15) is 4.39 Å². The van der Waals surface area contributed by atoms with Gasteiger partial charge < -0.3 is 15.2 Å². The average Bonchev–Trinajstić information content (AvgIpc) is 2.59. The number of imidazole rings is 1. The van der Waals surface area contributed by atoms with Gasteiger partial charge in [-0.1, -0.05) is 6.07 Å². The highest BCUT2D eigenvalue weighted by atomic mass is 19.1. The van der Waals surface area contributed by atoms with E-state index in [2.05, 4.69) is 20.2 Å². The average molecular weight is 234 g/mol. The molecule has 17 heavy (non-hydrogen) atoms. The van der Waals surface area contributed by atoms with Crippen LogP contribution >= 0.6 is 0 Å². The molecule has 0 radical (unpaired) electrons. The molecule has 4 nitrogen and oxygen atoms in total. The van der Waals surface area contributed by atoms with E-state index in [1.165, 1.54) is 6.07 Å². The van der Waals surface area contributed by atoms with Crippen LogP contribution < -0.4 is 10.2 Å². The molecule has 0 amide bonds. The number of nitrogens with one attached hydrogen (secondary N) is 2. The fourth-order valence-corrected chi connectivity index (χ4v) is 2.19. The lowest BCUT2D eigenvalue weighted by molar-refractivity contribution is 0.637. The second-order valence-corrected chi connectivity index (χ2v) is 4.29. The molecule has 1 aromatic heterocycles. The van der Waals surface area contributed by atoms with Gasteiger partial charge in [0.2, 0.25) is 5.95 Å². The molecular formula is C12H15FN4. The summed E-state index contributed by atoms with van der Waals surface area (Å²) < 4.78 is 13.5. The van der Waals surface area contributed by atoms with Crippen molar-refractivity contribution in [1.29, 1.82) is 0 Å². The molecule has 0 atom stereocenters. The molecule has 0 saturated carbocycles.